The van der Waals surface area contributed by atoms with Crippen molar-refractivity contribution in [3.05, 3.63) is 61.7 Å². The summed E-state index contributed by atoms with van der Waals surface area (Å²) in [7, 11) is 0. The Kier molecular flexibility index (Phi) is 7.12. The van der Waals surface area contributed by atoms with Gasteiger partial charge in [-0.15, -0.1) is 11.3 Å². The van der Waals surface area contributed by atoms with Gasteiger partial charge in [0.05, 0.1) is 12.2 Å². The summed E-state index contributed by atoms with van der Waals surface area (Å²) in [6, 6.07) is 4.19. The summed E-state index contributed by atoms with van der Waals surface area (Å²) < 4.78 is 10.3. The molecular weight excluding hydrogens is 449 g/mol. The maximum absolute atomic E-state index is 13.0. The molecule has 10 heteroatoms. The van der Waals surface area contributed by atoms with E-state index in [-0.39, 0.29) is 12.2 Å². The van der Waals surface area contributed by atoms with Crippen LogP contribution in [-0.4, -0.2) is 35.5 Å². The van der Waals surface area contributed by atoms with Crippen LogP contribution in [-0.2, 0) is 19.1 Å². The van der Waals surface area contributed by atoms with E-state index in [1.54, 1.807) is 38.2 Å². The lowest BCUT2D eigenvalue weighted by molar-refractivity contribution is -0.164. The summed E-state index contributed by atoms with van der Waals surface area (Å²) in [4.78, 5) is 33.8. The monoisotopic (exact) mass is 467 g/mol. The van der Waals surface area contributed by atoms with E-state index in [4.69, 9.17) is 32.7 Å². The molecule has 0 bridgehead atoms. The van der Waals surface area contributed by atoms with Gasteiger partial charge in [0.1, 0.15) is 6.04 Å². The molecule has 2 heterocycles. The average molecular weight is 468 g/mol. The van der Waals surface area contributed by atoms with Crippen LogP contribution >= 0.6 is 34.5 Å². The molecule has 1 N–H and O–H groups in total. The Morgan fingerprint density at radius 1 is 1.33 bits per heavy atom. The Morgan fingerprint density at radius 2 is 2.10 bits per heavy atom. The highest BCUT2D eigenvalue weighted by atomic mass is 35.5. The molecule has 0 spiro atoms. The molecule has 1 unspecified atom stereocenters. The Labute approximate surface area is 187 Å². The van der Waals surface area contributed by atoms with Gasteiger partial charge in [-0.3, -0.25) is 4.99 Å². The topological polar surface area (TPSA) is 89.9 Å². The molecular formula is C20H19Cl2N3O4S. The van der Waals surface area contributed by atoms with Gasteiger partial charge < -0.3 is 14.8 Å². The van der Waals surface area contributed by atoms with E-state index in [1.807, 2.05) is 5.38 Å². The number of thiazole rings is 1. The summed E-state index contributed by atoms with van der Waals surface area (Å²) in [6.07, 6.45) is 0.599. The van der Waals surface area contributed by atoms with Crippen molar-refractivity contribution in [2.45, 2.75) is 32.9 Å². The van der Waals surface area contributed by atoms with Crippen LogP contribution in [0.5, 0.6) is 0 Å². The third-order valence-corrected chi connectivity index (χ3v) is 5.60. The molecule has 1 aliphatic heterocycles. The summed E-state index contributed by atoms with van der Waals surface area (Å²) in [6.45, 7) is 5.05. The minimum absolute atomic E-state index is 0.189. The number of aliphatic imine (C=N–C) groups is 1. The molecule has 30 heavy (non-hydrogen) atoms. The number of rotatable bonds is 6. The Balaban J connectivity index is 2.00. The van der Waals surface area contributed by atoms with E-state index in [9.17, 15) is 9.59 Å². The van der Waals surface area contributed by atoms with Crippen molar-refractivity contribution in [1.82, 2.24) is 10.3 Å². The van der Waals surface area contributed by atoms with Crippen LogP contribution in [0.2, 0.25) is 10.0 Å². The van der Waals surface area contributed by atoms with Crippen molar-refractivity contribution < 1.29 is 19.1 Å². The zero-order valence-electron chi connectivity index (χ0n) is 16.4. The fourth-order valence-electron chi connectivity index (χ4n) is 2.87. The number of esters is 2. The van der Waals surface area contributed by atoms with Gasteiger partial charge in [-0.05, 0) is 32.9 Å². The standard InChI is InChI=1S/C20H19Cl2N3O4S/c1-4-28-19(26)11(3)29-20(27)15-10(2)24-17(18-23-7-8-30-18)25-16(15)13-6-5-12(21)9-14(13)22/h5-9,11,16H,4H2,1-3H3,(H,24,25)/t11-,16?/m1/s1. The summed E-state index contributed by atoms with van der Waals surface area (Å²) in [5.41, 5.74) is 1.33. The number of allylic oxidation sites excluding steroid dienone is 1. The number of ether oxygens (including phenoxy) is 2. The first-order valence-corrected chi connectivity index (χ1v) is 10.7. The van der Waals surface area contributed by atoms with Gasteiger partial charge in [-0.2, -0.15) is 0 Å². The first-order valence-electron chi connectivity index (χ1n) is 9.09. The highest BCUT2D eigenvalue weighted by Crippen LogP contribution is 2.37. The molecule has 0 amide bonds. The van der Waals surface area contributed by atoms with Gasteiger partial charge in [-0.1, -0.05) is 29.3 Å². The Hall–Kier alpha value is -2.42. The van der Waals surface area contributed by atoms with E-state index >= 15 is 0 Å². The number of nitrogens with zero attached hydrogens (tertiary/aromatic N) is 2. The fraction of sp³-hybridized carbons (Fsp3) is 0.300. The zero-order chi connectivity index (χ0) is 21.8. The summed E-state index contributed by atoms with van der Waals surface area (Å²) >= 11 is 13.9. The van der Waals surface area contributed by atoms with Crippen molar-refractivity contribution in [3.63, 3.8) is 0 Å². The number of hydrogen-bond acceptors (Lipinski definition) is 8. The first-order chi connectivity index (χ1) is 14.3. The maximum atomic E-state index is 13.0. The number of amidine groups is 1. The SMILES string of the molecule is CCOC(=O)[C@@H](C)OC(=O)C1=C(C)NC(c2nccs2)=NC1c1ccc(Cl)cc1Cl. The molecule has 1 aromatic heterocycles. The summed E-state index contributed by atoms with van der Waals surface area (Å²) in [5.74, 6) is -0.812. The van der Waals surface area contributed by atoms with E-state index in [0.717, 1.165) is 0 Å². The molecule has 1 aromatic carbocycles. The number of carbonyl (C=O) groups excluding carboxylic acids is 2. The highest BCUT2D eigenvalue weighted by Gasteiger charge is 2.34. The van der Waals surface area contributed by atoms with Crippen molar-refractivity contribution in [1.29, 1.82) is 0 Å². The molecule has 158 valence electrons. The van der Waals surface area contributed by atoms with E-state index in [2.05, 4.69) is 15.3 Å². The van der Waals surface area contributed by atoms with E-state index in [1.165, 1.54) is 18.3 Å². The average Bonchev–Trinajstić information content (AvgIpc) is 3.22. The Morgan fingerprint density at radius 3 is 2.73 bits per heavy atom. The molecule has 0 fully saturated rings. The summed E-state index contributed by atoms with van der Waals surface area (Å²) in [5, 5.41) is 6.41. The van der Waals surface area contributed by atoms with E-state index < -0.39 is 24.1 Å². The molecule has 0 aliphatic carbocycles. The van der Waals surface area contributed by atoms with Crippen molar-refractivity contribution >= 4 is 52.3 Å². The second-order valence-corrected chi connectivity index (χ2v) is 8.08. The fourth-order valence-corrected chi connectivity index (χ4v) is 3.97. The first kappa shape index (κ1) is 22.3. The molecule has 7 nitrogen and oxygen atoms in total. The van der Waals surface area contributed by atoms with Gasteiger partial charge in [-0.25, -0.2) is 14.6 Å². The number of carbonyl (C=O) groups is 2. The van der Waals surface area contributed by atoms with Crippen LogP contribution in [0.15, 0.2) is 46.0 Å². The number of nitrogens with one attached hydrogen (secondary N) is 1. The number of hydrogen-bond donors (Lipinski definition) is 1. The quantitative estimate of drug-likeness (QED) is 0.636. The van der Waals surface area contributed by atoms with Crippen LogP contribution in [0, 0.1) is 0 Å². The normalized spacial score (nSPS) is 17.1. The third-order valence-electron chi connectivity index (χ3n) is 4.26. The Bertz CT molecular complexity index is 1020. The predicted octanol–water partition coefficient (Wildman–Crippen LogP) is 4.31. The minimum Gasteiger partial charge on any atom is -0.463 e. The van der Waals surface area contributed by atoms with Crippen LogP contribution < -0.4 is 5.32 Å². The molecule has 0 radical (unpaired) electrons. The molecule has 3 rings (SSSR count). The lowest BCUT2D eigenvalue weighted by Crippen LogP contribution is -2.35. The van der Waals surface area contributed by atoms with Gasteiger partial charge in [0.15, 0.2) is 16.9 Å². The lowest BCUT2D eigenvalue weighted by atomic mass is 9.96. The smallest absolute Gasteiger partial charge is 0.347 e. The van der Waals surface area contributed by atoms with Gasteiger partial charge in [0, 0.05) is 32.9 Å². The van der Waals surface area contributed by atoms with Crippen molar-refractivity contribution in [2.24, 2.45) is 4.99 Å². The number of benzene rings is 1. The highest BCUT2D eigenvalue weighted by molar-refractivity contribution is 7.11. The zero-order valence-corrected chi connectivity index (χ0v) is 18.8. The van der Waals surface area contributed by atoms with Gasteiger partial charge >= 0.3 is 11.9 Å². The number of aromatic nitrogens is 1. The van der Waals surface area contributed by atoms with Crippen LogP contribution in [0.25, 0.3) is 0 Å². The molecule has 2 atom stereocenters. The lowest BCUT2D eigenvalue weighted by Gasteiger charge is -2.26. The maximum Gasteiger partial charge on any atom is 0.347 e. The van der Waals surface area contributed by atoms with Gasteiger partial charge in [0.25, 0.3) is 0 Å². The van der Waals surface area contributed by atoms with Crippen LogP contribution in [0.1, 0.15) is 37.4 Å². The second-order valence-electron chi connectivity index (χ2n) is 6.35. The van der Waals surface area contributed by atoms with E-state index in [0.29, 0.717) is 32.1 Å². The number of halogens is 2. The predicted molar refractivity (Wildman–Crippen MR) is 116 cm³/mol. The van der Waals surface area contributed by atoms with Crippen molar-refractivity contribution in [2.75, 3.05) is 6.61 Å². The molecule has 1 aliphatic rings. The minimum atomic E-state index is -1.07. The van der Waals surface area contributed by atoms with Crippen molar-refractivity contribution in [3.8, 4) is 0 Å². The third kappa shape index (κ3) is 4.83. The largest absolute Gasteiger partial charge is 0.463 e. The van der Waals surface area contributed by atoms with Gasteiger partial charge in [0.2, 0.25) is 0 Å². The molecule has 2 aromatic rings. The second kappa shape index (κ2) is 9.59. The van der Waals surface area contributed by atoms with Crippen LogP contribution in [0.4, 0.5) is 0 Å². The van der Waals surface area contributed by atoms with Crippen LogP contribution in [0.3, 0.4) is 0 Å². The molecule has 0 saturated carbocycles. The molecule has 0 saturated heterocycles.